The molecule has 32 heavy (non-hydrogen) atoms. The van der Waals surface area contributed by atoms with Gasteiger partial charge in [0.2, 0.25) is 5.91 Å². The third kappa shape index (κ3) is 4.84. The van der Waals surface area contributed by atoms with Crippen molar-refractivity contribution in [3.63, 3.8) is 0 Å². The van der Waals surface area contributed by atoms with Gasteiger partial charge in [0.15, 0.2) is 0 Å². The Morgan fingerprint density at radius 2 is 1.81 bits per heavy atom. The van der Waals surface area contributed by atoms with Crippen molar-refractivity contribution in [2.45, 2.75) is 35.5 Å². The maximum absolute atomic E-state index is 11.8. The molecule has 1 saturated carbocycles. The van der Waals surface area contributed by atoms with Gasteiger partial charge >= 0.3 is 0 Å². The topological polar surface area (TPSA) is 54.0 Å². The van der Waals surface area contributed by atoms with Gasteiger partial charge in [-0.05, 0) is 62.1 Å². The first-order valence-corrected chi connectivity index (χ1v) is 12.3. The number of aryl methyl sites for hydroxylation is 1. The molecule has 0 unspecified atom stereocenters. The summed E-state index contributed by atoms with van der Waals surface area (Å²) in [4.78, 5) is 18.7. The SMILES string of the molecule is COc1cc(Sc2ccc3c(c2)NC(=O)CC3)cc(OCC2CC2)c1N1CCN(C)CC1. The van der Waals surface area contributed by atoms with E-state index in [1.165, 1.54) is 18.4 Å². The van der Waals surface area contributed by atoms with Crippen LogP contribution in [0.1, 0.15) is 24.8 Å². The lowest BCUT2D eigenvalue weighted by Crippen LogP contribution is -2.44. The van der Waals surface area contributed by atoms with Crippen LogP contribution in [0, 0.1) is 5.92 Å². The molecule has 0 bridgehead atoms. The van der Waals surface area contributed by atoms with Gasteiger partial charge in [-0.1, -0.05) is 17.8 Å². The second kappa shape index (κ2) is 9.24. The van der Waals surface area contributed by atoms with Crippen molar-refractivity contribution in [1.29, 1.82) is 0 Å². The molecule has 5 rings (SSSR count). The number of methoxy groups -OCH3 is 1. The number of piperazine rings is 1. The van der Waals surface area contributed by atoms with Crippen LogP contribution in [-0.2, 0) is 11.2 Å². The second-order valence-electron chi connectivity index (χ2n) is 8.99. The van der Waals surface area contributed by atoms with Crippen LogP contribution in [0.15, 0.2) is 40.1 Å². The van der Waals surface area contributed by atoms with E-state index >= 15 is 0 Å². The van der Waals surface area contributed by atoms with Crippen LogP contribution >= 0.6 is 11.8 Å². The summed E-state index contributed by atoms with van der Waals surface area (Å²) in [5, 5.41) is 3.00. The summed E-state index contributed by atoms with van der Waals surface area (Å²) in [5.74, 6) is 2.54. The smallest absolute Gasteiger partial charge is 0.224 e. The minimum atomic E-state index is 0.0913. The number of carbonyl (C=O) groups is 1. The number of nitrogens with zero attached hydrogens (tertiary/aromatic N) is 2. The largest absolute Gasteiger partial charge is 0.494 e. The molecule has 0 radical (unpaired) electrons. The fourth-order valence-electron chi connectivity index (χ4n) is 4.27. The Morgan fingerprint density at radius 3 is 2.56 bits per heavy atom. The highest BCUT2D eigenvalue weighted by molar-refractivity contribution is 7.99. The number of carbonyl (C=O) groups excluding carboxylic acids is 1. The van der Waals surface area contributed by atoms with Crippen molar-refractivity contribution >= 4 is 29.0 Å². The molecular weight excluding hydrogens is 422 g/mol. The normalized spacial score (nSPS) is 18.8. The van der Waals surface area contributed by atoms with Crippen molar-refractivity contribution in [3.8, 4) is 11.5 Å². The third-order valence-electron chi connectivity index (χ3n) is 6.44. The lowest BCUT2D eigenvalue weighted by Gasteiger charge is -2.35. The van der Waals surface area contributed by atoms with Crippen molar-refractivity contribution in [2.24, 2.45) is 5.92 Å². The average molecular weight is 454 g/mol. The number of nitrogens with one attached hydrogen (secondary N) is 1. The summed E-state index contributed by atoms with van der Waals surface area (Å²) in [6.45, 7) is 4.75. The van der Waals surface area contributed by atoms with E-state index in [0.717, 1.165) is 71.9 Å². The first-order chi connectivity index (χ1) is 15.6. The fraction of sp³-hybridized carbons (Fsp3) is 0.480. The van der Waals surface area contributed by atoms with E-state index in [4.69, 9.17) is 9.47 Å². The van der Waals surface area contributed by atoms with Gasteiger partial charge in [0, 0.05) is 48.1 Å². The van der Waals surface area contributed by atoms with Gasteiger partial charge in [0.25, 0.3) is 0 Å². The number of benzene rings is 2. The van der Waals surface area contributed by atoms with Gasteiger partial charge in [-0.3, -0.25) is 4.79 Å². The molecule has 1 amide bonds. The molecule has 2 aromatic rings. The van der Waals surface area contributed by atoms with E-state index in [2.05, 4.69) is 52.5 Å². The van der Waals surface area contributed by atoms with Gasteiger partial charge in [0.1, 0.15) is 17.2 Å². The minimum Gasteiger partial charge on any atom is -0.494 e. The molecular formula is C25H31N3O3S. The monoisotopic (exact) mass is 453 g/mol. The lowest BCUT2D eigenvalue weighted by atomic mass is 10.0. The molecule has 2 aromatic carbocycles. The summed E-state index contributed by atoms with van der Waals surface area (Å²) >= 11 is 1.67. The molecule has 170 valence electrons. The van der Waals surface area contributed by atoms with Crippen LogP contribution in [0.4, 0.5) is 11.4 Å². The molecule has 2 heterocycles. The van der Waals surface area contributed by atoms with Gasteiger partial charge in [0.05, 0.1) is 13.7 Å². The van der Waals surface area contributed by atoms with Crippen molar-refractivity contribution < 1.29 is 14.3 Å². The number of rotatable bonds is 7. The molecule has 0 spiro atoms. The number of likely N-dealkylation sites (N-methyl/N-ethyl adjacent to an activating group) is 1. The first kappa shape index (κ1) is 21.5. The Bertz CT molecular complexity index is 1000. The van der Waals surface area contributed by atoms with Gasteiger partial charge in [-0.25, -0.2) is 0 Å². The average Bonchev–Trinajstić information content (AvgIpc) is 3.62. The van der Waals surface area contributed by atoms with Crippen LogP contribution in [0.2, 0.25) is 0 Å². The van der Waals surface area contributed by atoms with Gasteiger partial charge in [-0.2, -0.15) is 0 Å². The Hall–Kier alpha value is -2.38. The molecule has 7 heteroatoms. The van der Waals surface area contributed by atoms with E-state index < -0.39 is 0 Å². The molecule has 1 aliphatic carbocycles. The van der Waals surface area contributed by atoms with Crippen molar-refractivity contribution in [2.75, 3.05) is 57.2 Å². The fourth-order valence-corrected chi connectivity index (χ4v) is 5.18. The maximum atomic E-state index is 11.8. The van der Waals surface area contributed by atoms with Crippen LogP contribution in [0.3, 0.4) is 0 Å². The van der Waals surface area contributed by atoms with Crippen LogP contribution in [0.25, 0.3) is 0 Å². The number of hydrogen-bond donors (Lipinski definition) is 1. The van der Waals surface area contributed by atoms with E-state index in [1.807, 2.05) is 0 Å². The number of amides is 1. The second-order valence-corrected chi connectivity index (χ2v) is 10.1. The standard InChI is InChI=1S/C25H31N3O3S/c1-27-9-11-28(12-10-27)25-22(30-2)14-20(15-23(25)31-16-17-3-4-17)32-19-7-5-18-6-8-24(29)26-21(18)13-19/h5,7,13-15,17H,3-4,6,8-12,16H2,1-2H3,(H,26,29). The number of anilines is 2. The van der Waals surface area contributed by atoms with E-state index in [-0.39, 0.29) is 5.91 Å². The predicted octanol–water partition coefficient (Wildman–Crippen LogP) is 4.27. The zero-order chi connectivity index (χ0) is 22.1. The van der Waals surface area contributed by atoms with Crippen molar-refractivity contribution in [3.05, 3.63) is 35.9 Å². The predicted molar refractivity (Wildman–Crippen MR) is 128 cm³/mol. The highest BCUT2D eigenvalue weighted by Crippen LogP contribution is 2.45. The van der Waals surface area contributed by atoms with Crippen LogP contribution < -0.4 is 19.7 Å². The molecule has 0 aromatic heterocycles. The first-order valence-electron chi connectivity index (χ1n) is 11.5. The molecule has 1 saturated heterocycles. The van der Waals surface area contributed by atoms with Crippen LogP contribution in [-0.4, -0.2) is 57.8 Å². The summed E-state index contributed by atoms with van der Waals surface area (Å²) in [7, 11) is 3.91. The molecule has 6 nitrogen and oxygen atoms in total. The zero-order valence-electron chi connectivity index (χ0n) is 18.9. The summed E-state index contributed by atoms with van der Waals surface area (Å²) in [6.07, 6.45) is 3.89. The lowest BCUT2D eigenvalue weighted by molar-refractivity contribution is -0.116. The summed E-state index contributed by atoms with van der Waals surface area (Å²) in [5.41, 5.74) is 3.20. The van der Waals surface area contributed by atoms with E-state index in [1.54, 1.807) is 18.9 Å². The van der Waals surface area contributed by atoms with Crippen molar-refractivity contribution in [1.82, 2.24) is 4.90 Å². The summed E-state index contributed by atoms with van der Waals surface area (Å²) < 4.78 is 12.2. The van der Waals surface area contributed by atoms with E-state index in [0.29, 0.717) is 12.3 Å². The Balaban J connectivity index is 1.44. The Morgan fingerprint density at radius 1 is 1.03 bits per heavy atom. The molecule has 1 N–H and O–H groups in total. The van der Waals surface area contributed by atoms with Gasteiger partial charge < -0.3 is 24.6 Å². The maximum Gasteiger partial charge on any atom is 0.224 e. The zero-order valence-corrected chi connectivity index (χ0v) is 19.7. The quantitative estimate of drug-likeness (QED) is 0.676. The third-order valence-corrected chi connectivity index (χ3v) is 7.40. The number of ether oxygens (including phenoxy) is 2. The number of hydrogen-bond acceptors (Lipinski definition) is 6. The molecule has 3 aliphatic rings. The Kier molecular flexibility index (Phi) is 6.20. The van der Waals surface area contributed by atoms with E-state index in [9.17, 15) is 4.79 Å². The van der Waals surface area contributed by atoms with Gasteiger partial charge in [-0.15, -0.1) is 0 Å². The number of fused-ring (bicyclic) bond motifs is 1. The Labute approximate surface area is 194 Å². The van der Waals surface area contributed by atoms with Crippen LogP contribution in [0.5, 0.6) is 11.5 Å². The molecule has 2 aliphatic heterocycles. The molecule has 2 fully saturated rings. The highest BCUT2D eigenvalue weighted by Gasteiger charge is 2.26. The minimum absolute atomic E-state index is 0.0913. The molecule has 0 atom stereocenters. The highest BCUT2D eigenvalue weighted by atomic mass is 32.2. The summed E-state index contributed by atoms with van der Waals surface area (Å²) in [6, 6.07) is 10.6.